The molecule has 0 aliphatic carbocycles. The number of pyridine rings is 1. The minimum absolute atomic E-state index is 0.165. The highest BCUT2D eigenvalue weighted by Gasteiger charge is 2.14. The molecule has 0 saturated carbocycles. The predicted molar refractivity (Wildman–Crippen MR) is 76.4 cm³/mol. The summed E-state index contributed by atoms with van der Waals surface area (Å²) < 4.78 is 39.9. The van der Waals surface area contributed by atoms with Crippen molar-refractivity contribution in [2.75, 3.05) is 5.32 Å². The van der Waals surface area contributed by atoms with E-state index in [4.69, 9.17) is 11.6 Å². The second-order valence-corrected chi connectivity index (χ2v) is 4.80. The van der Waals surface area contributed by atoms with E-state index in [1.165, 1.54) is 6.20 Å². The standard InChI is InChI=1S/C15H8ClF3N2/c16-8-1-3-11-9(7-8)12(5-6-20-11)21-13-4-2-10(17)14(18)15(13)19/h1-7H,(H,20,21). The number of hydrogen-bond donors (Lipinski definition) is 1. The molecule has 3 aromatic rings. The molecular weight excluding hydrogens is 301 g/mol. The smallest absolute Gasteiger partial charge is 0.196 e. The molecular formula is C15H8ClF3N2. The molecule has 0 aliphatic rings. The van der Waals surface area contributed by atoms with Crippen LogP contribution in [0, 0.1) is 17.5 Å². The van der Waals surface area contributed by atoms with Gasteiger partial charge in [0.2, 0.25) is 0 Å². The molecule has 106 valence electrons. The van der Waals surface area contributed by atoms with Crippen LogP contribution in [0.15, 0.2) is 42.6 Å². The minimum atomic E-state index is -1.52. The SMILES string of the molecule is Fc1ccc(Nc2ccnc3ccc(Cl)cc23)c(F)c1F. The zero-order valence-corrected chi connectivity index (χ0v) is 11.3. The van der Waals surface area contributed by atoms with Gasteiger partial charge in [-0.2, -0.15) is 0 Å². The highest BCUT2D eigenvalue weighted by molar-refractivity contribution is 6.31. The molecule has 0 radical (unpaired) electrons. The minimum Gasteiger partial charge on any atom is -0.352 e. The molecule has 0 aliphatic heterocycles. The fraction of sp³-hybridized carbons (Fsp3) is 0. The summed E-state index contributed by atoms with van der Waals surface area (Å²) in [5.74, 6) is -4.03. The molecule has 1 N–H and O–H groups in total. The number of nitrogens with zero attached hydrogens (tertiary/aromatic N) is 1. The van der Waals surface area contributed by atoms with Crippen LogP contribution >= 0.6 is 11.6 Å². The molecule has 1 heterocycles. The fourth-order valence-electron chi connectivity index (χ4n) is 1.99. The zero-order chi connectivity index (χ0) is 15.0. The summed E-state index contributed by atoms with van der Waals surface area (Å²) in [5, 5.41) is 3.87. The van der Waals surface area contributed by atoms with Crippen molar-refractivity contribution in [2.45, 2.75) is 0 Å². The van der Waals surface area contributed by atoms with Crippen LogP contribution in [-0.2, 0) is 0 Å². The second kappa shape index (κ2) is 5.26. The Labute approximate surface area is 123 Å². The van der Waals surface area contributed by atoms with Crippen LogP contribution in [0.2, 0.25) is 5.02 Å². The Bertz CT molecular complexity index is 837. The van der Waals surface area contributed by atoms with E-state index in [0.29, 0.717) is 21.6 Å². The molecule has 0 atom stereocenters. The lowest BCUT2D eigenvalue weighted by atomic mass is 10.1. The third-order valence-electron chi connectivity index (χ3n) is 3.01. The van der Waals surface area contributed by atoms with Gasteiger partial charge in [-0.05, 0) is 36.4 Å². The fourth-order valence-corrected chi connectivity index (χ4v) is 2.17. The molecule has 0 bridgehead atoms. The monoisotopic (exact) mass is 308 g/mol. The summed E-state index contributed by atoms with van der Waals surface area (Å²) >= 11 is 5.93. The Morgan fingerprint density at radius 1 is 0.905 bits per heavy atom. The van der Waals surface area contributed by atoms with E-state index in [2.05, 4.69) is 10.3 Å². The topological polar surface area (TPSA) is 24.9 Å². The molecule has 1 aromatic heterocycles. The number of fused-ring (bicyclic) bond motifs is 1. The van der Waals surface area contributed by atoms with Crippen molar-refractivity contribution in [1.29, 1.82) is 0 Å². The molecule has 0 amide bonds. The summed E-state index contributed by atoms with van der Waals surface area (Å²) in [7, 11) is 0. The van der Waals surface area contributed by atoms with Gasteiger partial charge in [0.1, 0.15) is 0 Å². The van der Waals surface area contributed by atoms with Crippen molar-refractivity contribution in [3.05, 3.63) is 65.1 Å². The van der Waals surface area contributed by atoms with Crippen LogP contribution in [0.4, 0.5) is 24.5 Å². The lowest BCUT2D eigenvalue weighted by Crippen LogP contribution is -1.99. The Kier molecular flexibility index (Phi) is 3.43. The van der Waals surface area contributed by atoms with Gasteiger partial charge in [0.25, 0.3) is 0 Å². The molecule has 0 unspecified atom stereocenters. The van der Waals surface area contributed by atoms with Crippen molar-refractivity contribution in [3.8, 4) is 0 Å². The van der Waals surface area contributed by atoms with Crippen LogP contribution in [0.25, 0.3) is 10.9 Å². The summed E-state index contributed by atoms with van der Waals surface area (Å²) in [5.41, 5.74) is 0.973. The van der Waals surface area contributed by atoms with Crippen LogP contribution in [-0.4, -0.2) is 4.98 Å². The van der Waals surface area contributed by atoms with E-state index in [0.717, 1.165) is 12.1 Å². The van der Waals surface area contributed by atoms with Crippen LogP contribution in [0.3, 0.4) is 0 Å². The Hall–Kier alpha value is -2.27. The van der Waals surface area contributed by atoms with Crippen molar-refractivity contribution in [1.82, 2.24) is 4.98 Å². The first-order valence-corrected chi connectivity index (χ1v) is 6.39. The lowest BCUT2D eigenvalue weighted by Gasteiger charge is -2.11. The van der Waals surface area contributed by atoms with Gasteiger partial charge < -0.3 is 5.32 Å². The Morgan fingerprint density at radius 2 is 1.71 bits per heavy atom. The normalized spacial score (nSPS) is 10.9. The summed E-state index contributed by atoms with van der Waals surface area (Å²) in [6, 6.07) is 8.63. The van der Waals surface area contributed by atoms with E-state index in [1.807, 2.05) is 0 Å². The van der Waals surface area contributed by atoms with Gasteiger partial charge in [0.05, 0.1) is 11.2 Å². The molecule has 0 saturated heterocycles. The highest BCUT2D eigenvalue weighted by Crippen LogP contribution is 2.29. The largest absolute Gasteiger partial charge is 0.352 e. The van der Waals surface area contributed by atoms with E-state index in [9.17, 15) is 13.2 Å². The van der Waals surface area contributed by atoms with Gasteiger partial charge in [-0.1, -0.05) is 11.6 Å². The maximum atomic E-state index is 13.7. The number of benzene rings is 2. The van der Waals surface area contributed by atoms with Gasteiger partial charge in [-0.15, -0.1) is 0 Å². The second-order valence-electron chi connectivity index (χ2n) is 4.37. The van der Waals surface area contributed by atoms with Gasteiger partial charge in [0.15, 0.2) is 17.5 Å². The van der Waals surface area contributed by atoms with E-state index in [1.54, 1.807) is 24.3 Å². The van der Waals surface area contributed by atoms with Crippen LogP contribution < -0.4 is 5.32 Å². The molecule has 0 spiro atoms. The third kappa shape index (κ3) is 2.52. The predicted octanol–water partition coefficient (Wildman–Crippen LogP) is 5.05. The van der Waals surface area contributed by atoms with Gasteiger partial charge >= 0.3 is 0 Å². The summed E-state index contributed by atoms with van der Waals surface area (Å²) in [6.45, 7) is 0. The van der Waals surface area contributed by atoms with Crippen molar-refractivity contribution in [3.63, 3.8) is 0 Å². The number of aromatic nitrogens is 1. The Morgan fingerprint density at radius 3 is 2.52 bits per heavy atom. The summed E-state index contributed by atoms with van der Waals surface area (Å²) in [4.78, 5) is 4.15. The molecule has 21 heavy (non-hydrogen) atoms. The maximum absolute atomic E-state index is 13.7. The third-order valence-corrected chi connectivity index (χ3v) is 3.24. The molecule has 6 heteroatoms. The van der Waals surface area contributed by atoms with Crippen LogP contribution in [0.5, 0.6) is 0 Å². The first-order chi connectivity index (χ1) is 10.1. The first kappa shape index (κ1) is 13.7. The summed E-state index contributed by atoms with van der Waals surface area (Å²) in [6.07, 6.45) is 1.52. The van der Waals surface area contributed by atoms with Crippen molar-refractivity contribution >= 4 is 33.9 Å². The van der Waals surface area contributed by atoms with E-state index < -0.39 is 17.5 Å². The van der Waals surface area contributed by atoms with Crippen molar-refractivity contribution in [2.24, 2.45) is 0 Å². The number of nitrogens with one attached hydrogen (secondary N) is 1. The Balaban J connectivity index is 2.10. The van der Waals surface area contributed by atoms with E-state index >= 15 is 0 Å². The van der Waals surface area contributed by atoms with Gasteiger partial charge in [0, 0.05) is 22.3 Å². The first-order valence-electron chi connectivity index (χ1n) is 6.01. The van der Waals surface area contributed by atoms with Gasteiger partial charge in [-0.25, -0.2) is 13.2 Å². The molecule has 2 nitrogen and oxygen atoms in total. The van der Waals surface area contributed by atoms with E-state index in [-0.39, 0.29) is 5.69 Å². The number of anilines is 2. The number of hydrogen-bond acceptors (Lipinski definition) is 2. The van der Waals surface area contributed by atoms with Crippen molar-refractivity contribution < 1.29 is 13.2 Å². The average molecular weight is 309 g/mol. The van der Waals surface area contributed by atoms with Crippen LogP contribution in [0.1, 0.15) is 0 Å². The maximum Gasteiger partial charge on any atom is 0.196 e. The molecule has 2 aromatic carbocycles. The lowest BCUT2D eigenvalue weighted by molar-refractivity contribution is 0.449. The average Bonchev–Trinajstić information content (AvgIpc) is 2.48. The quantitative estimate of drug-likeness (QED) is 0.670. The molecule has 3 rings (SSSR count). The van der Waals surface area contributed by atoms with Gasteiger partial charge in [-0.3, -0.25) is 4.98 Å². The number of halogens is 4. The molecule has 0 fully saturated rings. The zero-order valence-electron chi connectivity index (χ0n) is 10.5. The highest BCUT2D eigenvalue weighted by atomic mass is 35.5. The number of rotatable bonds is 2.